The molecule has 274 valence electrons. The van der Waals surface area contributed by atoms with Gasteiger partial charge in [0.05, 0.1) is 29.2 Å². The van der Waals surface area contributed by atoms with Gasteiger partial charge in [0, 0.05) is 5.92 Å². The number of aromatic hydroxyl groups is 1. The number of carbonyl (C=O) groups is 4. The molecule has 52 heavy (non-hydrogen) atoms. The van der Waals surface area contributed by atoms with E-state index in [2.05, 4.69) is 10.8 Å². The van der Waals surface area contributed by atoms with E-state index in [9.17, 15) is 39.6 Å². The largest absolute Gasteiger partial charge is 0.508 e. The molecule has 0 saturated heterocycles. The first kappa shape index (κ1) is 37.1. The number of phenolic OH excluding ortho intramolecular Hbond substituents is 1. The van der Waals surface area contributed by atoms with Crippen LogP contribution in [0.4, 0.5) is 5.69 Å². The van der Waals surface area contributed by atoms with Gasteiger partial charge in [0.1, 0.15) is 29.2 Å². The number of phenols is 1. The molecule has 3 aromatic rings. The molecule has 0 aromatic heterocycles. The molecule has 3 aliphatic rings. The molecule has 14 heteroatoms. The van der Waals surface area contributed by atoms with E-state index in [-0.39, 0.29) is 35.7 Å². The number of rotatable bonds is 11. The summed E-state index contributed by atoms with van der Waals surface area (Å²) in [5.74, 6) is -8.32. The number of ketones is 2. The van der Waals surface area contributed by atoms with Gasteiger partial charge in [-0.15, -0.1) is 0 Å². The maximum Gasteiger partial charge on any atom is 0.255 e. The van der Waals surface area contributed by atoms with Crippen molar-refractivity contribution < 1.29 is 44.4 Å². The molecule has 8 N–H and O–H groups in total. The fourth-order valence-electron chi connectivity index (χ4n) is 8.04. The number of Topliss-reactive ketones (excluding diaryl/α,β-unsaturated/α-hetero) is 2. The average molecular weight is 733 g/mol. The average Bonchev–Trinajstić information content (AvgIpc) is 3.10. The summed E-state index contributed by atoms with van der Waals surface area (Å²) in [4.78, 5) is 60.8. The number of hydroxylamine groups is 1. The molecule has 6 rings (SSSR count). The van der Waals surface area contributed by atoms with E-state index in [1.807, 2.05) is 60.7 Å². The van der Waals surface area contributed by atoms with Crippen LogP contribution in [0.2, 0.25) is 5.02 Å². The standard InChI is InChI=1S/C38H41ClN4O9/c1-43(2)30-23-16-21-15-22-17-24(39)29(32(45)26(22)31(44)27(21)34(47)38(23,51)35(48)28(33(30)46)36(40)49)41-37(50)25(14-13-19-9-5-3-6-10-19)42-52-18-20-11-7-4-8-12-20/h3-12,17,21,23,25,27,30,34,42,45,47-48,51H,13-16,18H2,1-2H3,(H2,40,49)(H,41,50)/t21?,23?,25?,27?,30-,34?,38-/m0/s1. The van der Waals surface area contributed by atoms with Gasteiger partial charge in [-0.1, -0.05) is 72.3 Å². The summed E-state index contributed by atoms with van der Waals surface area (Å²) in [7, 11) is 3.10. The molecular weight excluding hydrogens is 692 g/mol. The lowest BCUT2D eigenvalue weighted by molar-refractivity contribution is -0.183. The Hall–Kier alpha value is -4.63. The number of amides is 2. The van der Waals surface area contributed by atoms with Crippen LogP contribution >= 0.6 is 11.6 Å². The number of benzene rings is 3. The van der Waals surface area contributed by atoms with E-state index in [0.29, 0.717) is 18.4 Å². The molecule has 1 fully saturated rings. The predicted octanol–water partition coefficient (Wildman–Crippen LogP) is 2.60. The van der Waals surface area contributed by atoms with Crippen LogP contribution in [0.5, 0.6) is 5.75 Å². The Kier molecular flexibility index (Phi) is 10.6. The van der Waals surface area contributed by atoms with Crippen molar-refractivity contribution in [1.82, 2.24) is 10.4 Å². The number of anilines is 1. The van der Waals surface area contributed by atoms with Crippen molar-refractivity contribution in [2.45, 2.75) is 56.1 Å². The highest BCUT2D eigenvalue weighted by atomic mass is 35.5. The van der Waals surface area contributed by atoms with Crippen molar-refractivity contribution in [3.05, 3.63) is 105 Å². The van der Waals surface area contributed by atoms with Gasteiger partial charge in [0.15, 0.2) is 22.9 Å². The predicted molar refractivity (Wildman–Crippen MR) is 190 cm³/mol. The molecule has 0 radical (unpaired) electrons. The Morgan fingerprint density at radius 1 is 1.04 bits per heavy atom. The summed E-state index contributed by atoms with van der Waals surface area (Å²) in [6.07, 6.45) is -1.10. The maximum absolute atomic E-state index is 14.2. The Bertz CT molecular complexity index is 1920. The number of aryl methyl sites for hydroxylation is 1. The van der Waals surface area contributed by atoms with E-state index in [0.717, 1.165) is 11.1 Å². The van der Waals surface area contributed by atoms with E-state index in [1.54, 1.807) is 14.1 Å². The minimum atomic E-state index is -2.59. The number of hydrogen-bond acceptors (Lipinski definition) is 11. The number of nitrogens with zero attached hydrogens (tertiary/aromatic N) is 1. The highest BCUT2D eigenvalue weighted by Crippen LogP contribution is 2.54. The first-order valence-corrected chi connectivity index (χ1v) is 17.3. The molecule has 2 amide bonds. The number of halogens is 1. The minimum absolute atomic E-state index is 0.0112. The molecule has 1 saturated carbocycles. The topological polar surface area (TPSA) is 212 Å². The molecule has 3 aromatic carbocycles. The molecular formula is C38H41ClN4O9. The number of nitrogens with one attached hydrogen (secondary N) is 2. The van der Waals surface area contributed by atoms with Gasteiger partial charge in [-0.3, -0.25) is 28.9 Å². The fourth-order valence-corrected chi connectivity index (χ4v) is 8.31. The lowest BCUT2D eigenvalue weighted by atomic mass is 9.54. The zero-order valence-electron chi connectivity index (χ0n) is 28.6. The minimum Gasteiger partial charge on any atom is -0.508 e. The van der Waals surface area contributed by atoms with Gasteiger partial charge in [-0.2, -0.15) is 5.48 Å². The molecule has 0 spiro atoms. The van der Waals surface area contributed by atoms with E-state index >= 15 is 0 Å². The Labute approximate surface area is 305 Å². The molecule has 0 aliphatic heterocycles. The third-order valence-electron chi connectivity index (χ3n) is 10.5. The number of aliphatic hydroxyl groups is 3. The third kappa shape index (κ3) is 6.60. The molecule has 7 atom stereocenters. The molecule has 5 unspecified atom stereocenters. The highest BCUT2D eigenvalue weighted by Gasteiger charge is 2.66. The maximum atomic E-state index is 14.2. The lowest BCUT2D eigenvalue weighted by Crippen LogP contribution is -2.69. The summed E-state index contributed by atoms with van der Waals surface area (Å²) < 4.78 is 0. The fraction of sp³-hybridized carbons (Fsp3) is 0.368. The van der Waals surface area contributed by atoms with Crippen LogP contribution in [0.1, 0.15) is 39.9 Å². The van der Waals surface area contributed by atoms with Crippen molar-refractivity contribution in [3.8, 4) is 5.75 Å². The van der Waals surface area contributed by atoms with E-state index in [4.69, 9.17) is 22.2 Å². The van der Waals surface area contributed by atoms with Gasteiger partial charge in [-0.05, 0) is 68.5 Å². The number of nitrogens with two attached hydrogens (primary N) is 1. The summed E-state index contributed by atoms with van der Waals surface area (Å²) in [5, 5.41) is 49.0. The van der Waals surface area contributed by atoms with Crippen LogP contribution in [0.25, 0.3) is 0 Å². The smallest absolute Gasteiger partial charge is 0.255 e. The van der Waals surface area contributed by atoms with Crippen molar-refractivity contribution in [2.24, 2.45) is 23.5 Å². The van der Waals surface area contributed by atoms with Crippen molar-refractivity contribution >= 4 is 40.7 Å². The number of fused-ring (bicyclic) bond motifs is 3. The van der Waals surface area contributed by atoms with Crippen LogP contribution in [-0.2, 0) is 38.7 Å². The summed E-state index contributed by atoms with van der Waals surface area (Å²) in [6.45, 7) is 0.169. The number of hydrogen-bond donors (Lipinski definition) is 7. The zero-order valence-corrected chi connectivity index (χ0v) is 29.3. The molecule has 0 heterocycles. The second kappa shape index (κ2) is 14.8. The zero-order chi connectivity index (χ0) is 37.5. The normalized spacial score (nSPS) is 26.0. The molecule has 13 nitrogen and oxygen atoms in total. The summed E-state index contributed by atoms with van der Waals surface area (Å²) in [6, 6.07) is 18.3. The Morgan fingerprint density at radius 2 is 1.67 bits per heavy atom. The van der Waals surface area contributed by atoms with Gasteiger partial charge in [0.2, 0.25) is 5.91 Å². The van der Waals surface area contributed by atoms with E-state index in [1.165, 1.54) is 11.0 Å². The van der Waals surface area contributed by atoms with Crippen molar-refractivity contribution in [2.75, 3.05) is 19.4 Å². The third-order valence-corrected chi connectivity index (χ3v) is 10.8. The summed E-state index contributed by atoms with van der Waals surface area (Å²) >= 11 is 6.64. The number of carbonyl (C=O) groups excluding carboxylic acids is 4. The Morgan fingerprint density at radius 3 is 2.29 bits per heavy atom. The molecule has 3 aliphatic carbocycles. The monoisotopic (exact) mass is 732 g/mol. The first-order valence-electron chi connectivity index (χ1n) is 16.9. The quantitative estimate of drug-likeness (QED) is 0.0865. The van der Waals surface area contributed by atoms with Gasteiger partial charge < -0.3 is 31.5 Å². The van der Waals surface area contributed by atoms with E-state index < -0.39 is 82.0 Å². The molecule has 0 bridgehead atoms. The van der Waals surface area contributed by atoms with Crippen molar-refractivity contribution in [3.63, 3.8) is 0 Å². The van der Waals surface area contributed by atoms with Crippen LogP contribution in [-0.4, -0.2) is 86.6 Å². The number of likely N-dealkylation sites (N-methyl/N-ethyl adjacent to an activating group) is 1. The van der Waals surface area contributed by atoms with Gasteiger partial charge in [-0.25, -0.2) is 0 Å². The second-order valence-corrected chi connectivity index (χ2v) is 14.3. The second-order valence-electron chi connectivity index (χ2n) is 13.9. The number of primary amides is 1. The van der Waals surface area contributed by atoms with Gasteiger partial charge >= 0.3 is 0 Å². The number of aliphatic hydroxyl groups excluding tert-OH is 2. The van der Waals surface area contributed by atoms with Gasteiger partial charge in [0.25, 0.3) is 5.91 Å². The Balaban J connectivity index is 1.29. The van der Waals surface area contributed by atoms with Crippen LogP contribution < -0.4 is 16.5 Å². The van der Waals surface area contributed by atoms with Crippen LogP contribution in [0.15, 0.2) is 78.1 Å². The van der Waals surface area contributed by atoms with Crippen LogP contribution in [0.3, 0.4) is 0 Å². The first-order chi connectivity index (χ1) is 24.7. The SMILES string of the molecule is CN(C)[C@@H]1C(=O)C(C(N)=O)=C(O)[C@@]2(O)C(O)C3C(=O)c4c(cc(Cl)c(NC(=O)C(CCc5ccccc5)NOCc5ccccc5)c4O)CC3CC12. The lowest BCUT2D eigenvalue weighted by Gasteiger charge is -2.55. The summed E-state index contributed by atoms with van der Waals surface area (Å²) in [5.41, 5.74) is 6.56. The van der Waals surface area contributed by atoms with Crippen LogP contribution in [0, 0.1) is 17.8 Å². The van der Waals surface area contributed by atoms with Crippen molar-refractivity contribution in [1.29, 1.82) is 0 Å². The highest BCUT2D eigenvalue weighted by molar-refractivity contribution is 6.34.